The lowest BCUT2D eigenvalue weighted by Gasteiger charge is -2.08. The average molecular weight is 488 g/mol. The van der Waals surface area contributed by atoms with Crippen LogP contribution in [0.1, 0.15) is 15.9 Å². The first-order valence-corrected chi connectivity index (χ1v) is 10.7. The van der Waals surface area contributed by atoms with Crippen molar-refractivity contribution in [1.82, 2.24) is 4.57 Å². The van der Waals surface area contributed by atoms with E-state index in [0.29, 0.717) is 38.9 Å². The Kier molecular flexibility index (Phi) is 6.42. The van der Waals surface area contributed by atoms with Crippen LogP contribution in [0.3, 0.4) is 0 Å². The second-order valence-corrected chi connectivity index (χ2v) is 8.29. The van der Waals surface area contributed by atoms with E-state index in [2.05, 4.69) is 5.32 Å². The molecule has 32 heavy (non-hydrogen) atoms. The van der Waals surface area contributed by atoms with Crippen LogP contribution in [0.25, 0.3) is 10.9 Å². The maximum absolute atomic E-state index is 13.2. The minimum atomic E-state index is -0.814. The van der Waals surface area contributed by atoms with Gasteiger partial charge in [-0.05, 0) is 48.0 Å². The molecule has 5 nitrogen and oxygen atoms in total. The number of benzene rings is 3. The minimum absolute atomic E-state index is 0.0959. The lowest BCUT2D eigenvalue weighted by Crippen LogP contribution is -2.23. The smallest absolute Gasteiger partial charge is 0.296 e. The molecule has 162 valence electrons. The molecule has 0 unspecified atom stereocenters. The van der Waals surface area contributed by atoms with Crippen LogP contribution in [0.5, 0.6) is 5.75 Å². The molecule has 0 aliphatic heterocycles. The third-order valence-electron chi connectivity index (χ3n) is 4.98. The number of ether oxygens (including phenoxy) is 1. The zero-order valence-electron chi connectivity index (χ0n) is 16.9. The van der Waals surface area contributed by atoms with Gasteiger partial charge in [0.1, 0.15) is 10.9 Å². The number of rotatable bonds is 6. The fourth-order valence-corrected chi connectivity index (χ4v) is 4.08. The molecule has 0 bridgehead atoms. The normalized spacial score (nSPS) is 10.9. The van der Waals surface area contributed by atoms with E-state index in [1.807, 2.05) is 12.1 Å². The quantitative estimate of drug-likeness (QED) is 0.250. The van der Waals surface area contributed by atoms with Crippen molar-refractivity contribution in [2.45, 2.75) is 6.54 Å². The van der Waals surface area contributed by atoms with Crippen molar-refractivity contribution in [3.8, 4) is 5.75 Å². The molecule has 4 rings (SSSR count). The van der Waals surface area contributed by atoms with E-state index in [1.165, 1.54) is 7.11 Å². The summed E-state index contributed by atoms with van der Waals surface area (Å²) in [5.41, 5.74) is 2.15. The molecule has 0 aliphatic rings. The van der Waals surface area contributed by atoms with Crippen molar-refractivity contribution in [2.75, 3.05) is 12.4 Å². The third kappa shape index (κ3) is 4.46. The zero-order valence-corrected chi connectivity index (χ0v) is 19.1. The summed E-state index contributed by atoms with van der Waals surface area (Å²) in [5.74, 6) is -1.02. The van der Waals surface area contributed by atoms with Gasteiger partial charge in [-0.2, -0.15) is 0 Å². The number of aromatic nitrogens is 1. The van der Waals surface area contributed by atoms with E-state index in [0.717, 1.165) is 5.56 Å². The molecule has 0 fully saturated rings. The van der Waals surface area contributed by atoms with Crippen LogP contribution >= 0.6 is 34.8 Å². The van der Waals surface area contributed by atoms with Crippen molar-refractivity contribution in [2.24, 2.45) is 0 Å². The van der Waals surface area contributed by atoms with Crippen molar-refractivity contribution in [3.05, 3.63) is 93.1 Å². The Morgan fingerprint density at radius 2 is 1.66 bits per heavy atom. The molecule has 1 heterocycles. The number of Topliss-reactive ketones (excluding diaryl/α,β-unsaturated/α-hetero) is 1. The number of hydrogen-bond acceptors (Lipinski definition) is 3. The maximum Gasteiger partial charge on any atom is 0.296 e. The molecule has 1 aromatic heterocycles. The van der Waals surface area contributed by atoms with Crippen molar-refractivity contribution < 1.29 is 14.3 Å². The van der Waals surface area contributed by atoms with Crippen LogP contribution in [0.15, 0.2) is 66.7 Å². The number of nitrogens with one attached hydrogen (secondary N) is 1. The van der Waals surface area contributed by atoms with E-state index >= 15 is 0 Å². The molecule has 0 atom stereocenters. The number of carbonyl (C=O) groups excluding carboxylic acids is 2. The van der Waals surface area contributed by atoms with E-state index < -0.39 is 11.7 Å². The first kappa shape index (κ1) is 22.2. The molecular weight excluding hydrogens is 471 g/mol. The largest absolute Gasteiger partial charge is 0.497 e. The molecule has 4 aromatic rings. The average Bonchev–Trinajstić information content (AvgIpc) is 3.05. The standard InChI is InChI=1S/C24H17Cl3N2O3/c1-32-18-4-2-3-17(12-18)28-24(31)22(30)21-19-11-16(26)9-10-20(19)29(23(21)27)13-14-5-7-15(25)8-6-14/h2-12H,13H2,1H3,(H,28,31). The lowest BCUT2D eigenvalue weighted by molar-refractivity contribution is -0.112. The van der Waals surface area contributed by atoms with Gasteiger partial charge < -0.3 is 14.6 Å². The molecule has 0 saturated carbocycles. The summed E-state index contributed by atoms with van der Waals surface area (Å²) in [5, 5.41) is 4.31. The van der Waals surface area contributed by atoms with Gasteiger partial charge in [-0.1, -0.05) is 53.0 Å². The number of hydrogen-bond donors (Lipinski definition) is 1. The van der Waals surface area contributed by atoms with E-state index in [9.17, 15) is 9.59 Å². The van der Waals surface area contributed by atoms with Gasteiger partial charge in [0.15, 0.2) is 0 Å². The van der Waals surface area contributed by atoms with Gasteiger partial charge in [0.25, 0.3) is 11.7 Å². The Morgan fingerprint density at radius 3 is 2.38 bits per heavy atom. The van der Waals surface area contributed by atoms with E-state index in [-0.39, 0.29) is 10.7 Å². The number of fused-ring (bicyclic) bond motifs is 1. The monoisotopic (exact) mass is 486 g/mol. The van der Waals surface area contributed by atoms with E-state index in [1.54, 1.807) is 59.2 Å². The van der Waals surface area contributed by atoms with Gasteiger partial charge in [-0.25, -0.2) is 0 Å². The summed E-state index contributed by atoms with van der Waals surface area (Å²) in [7, 11) is 1.52. The van der Waals surface area contributed by atoms with Crippen molar-refractivity contribution >= 4 is 63.1 Å². The predicted octanol–water partition coefficient (Wildman–Crippen LogP) is 6.48. The molecule has 1 N–H and O–H groups in total. The summed E-state index contributed by atoms with van der Waals surface area (Å²) in [6.07, 6.45) is 0. The number of ketones is 1. The molecule has 3 aromatic carbocycles. The summed E-state index contributed by atoms with van der Waals surface area (Å²) in [6, 6.07) is 19.2. The van der Waals surface area contributed by atoms with Crippen LogP contribution in [0.2, 0.25) is 15.2 Å². The van der Waals surface area contributed by atoms with Crippen LogP contribution in [-0.4, -0.2) is 23.4 Å². The Labute approximate surface area is 199 Å². The number of nitrogens with zero attached hydrogens (tertiary/aromatic N) is 1. The van der Waals surface area contributed by atoms with Crippen LogP contribution in [-0.2, 0) is 11.3 Å². The van der Waals surface area contributed by atoms with Gasteiger partial charge in [-0.3, -0.25) is 9.59 Å². The first-order chi connectivity index (χ1) is 15.4. The highest BCUT2D eigenvalue weighted by molar-refractivity contribution is 6.52. The van der Waals surface area contributed by atoms with Crippen molar-refractivity contribution in [3.63, 3.8) is 0 Å². The molecule has 1 amide bonds. The fourth-order valence-electron chi connectivity index (χ4n) is 3.44. The van der Waals surface area contributed by atoms with Gasteiger partial charge >= 0.3 is 0 Å². The summed E-state index contributed by atoms with van der Waals surface area (Å²) in [4.78, 5) is 25.9. The summed E-state index contributed by atoms with van der Waals surface area (Å²) < 4.78 is 6.92. The highest BCUT2D eigenvalue weighted by Gasteiger charge is 2.27. The number of anilines is 1. The number of amides is 1. The Bertz CT molecular complexity index is 1330. The van der Waals surface area contributed by atoms with Gasteiger partial charge in [0.05, 0.1) is 18.2 Å². The molecule has 8 heteroatoms. The van der Waals surface area contributed by atoms with Crippen LogP contribution in [0, 0.1) is 0 Å². The van der Waals surface area contributed by atoms with Crippen LogP contribution in [0.4, 0.5) is 5.69 Å². The van der Waals surface area contributed by atoms with Gasteiger partial charge in [-0.15, -0.1) is 0 Å². The lowest BCUT2D eigenvalue weighted by atomic mass is 10.1. The second-order valence-electron chi connectivity index (χ2n) is 7.06. The number of carbonyl (C=O) groups is 2. The molecule has 0 radical (unpaired) electrons. The molecule has 0 saturated heterocycles. The highest BCUT2D eigenvalue weighted by Crippen LogP contribution is 2.33. The van der Waals surface area contributed by atoms with Gasteiger partial charge in [0.2, 0.25) is 0 Å². The molecule has 0 spiro atoms. The topological polar surface area (TPSA) is 60.3 Å². The maximum atomic E-state index is 13.2. The SMILES string of the molecule is COc1cccc(NC(=O)C(=O)c2c(Cl)n(Cc3ccc(Cl)cc3)c3ccc(Cl)cc23)c1. The third-order valence-corrected chi connectivity index (χ3v) is 5.86. The Balaban J connectivity index is 1.73. The van der Waals surface area contributed by atoms with E-state index in [4.69, 9.17) is 39.5 Å². The Hall–Kier alpha value is -2.99. The Morgan fingerprint density at radius 1 is 0.938 bits per heavy atom. The summed E-state index contributed by atoms with van der Waals surface area (Å²) in [6.45, 7) is 0.388. The van der Waals surface area contributed by atoms with Crippen molar-refractivity contribution in [1.29, 1.82) is 0 Å². The highest BCUT2D eigenvalue weighted by atomic mass is 35.5. The van der Waals surface area contributed by atoms with Crippen LogP contribution < -0.4 is 10.1 Å². The fraction of sp³-hybridized carbons (Fsp3) is 0.0833. The number of methoxy groups -OCH3 is 1. The summed E-state index contributed by atoms with van der Waals surface area (Å²) >= 11 is 18.8. The second kappa shape index (κ2) is 9.25. The first-order valence-electron chi connectivity index (χ1n) is 9.59. The number of halogens is 3. The molecule has 0 aliphatic carbocycles. The minimum Gasteiger partial charge on any atom is -0.497 e. The predicted molar refractivity (Wildman–Crippen MR) is 128 cm³/mol. The van der Waals surface area contributed by atoms with Gasteiger partial charge in [0, 0.05) is 33.7 Å². The zero-order chi connectivity index (χ0) is 22.8. The molecular formula is C24H17Cl3N2O3.